The molecule has 0 radical (unpaired) electrons. The Labute approximate surface area is 243 Å². The Morgan fingerprint density at radius 1 is 1.23 bits per heavy atom. The average molecular weight is 606 g/mol. The van der Waals surface area contributed by atoms with E-state index in [1.807, 2.05) is 13.8 Å². The lowest BCUT2D eigenvalue weighted by molar-refractivity contribution is -0.116. The van der Waals surface area contributed by atoms with E-state index in [9.17, 15) is 19.4 Å². The molecule has 7 nitrogen and oxygen atoms in total. The van der Waals surface area contributed by atoms with Crippen LogP contribution in [0.3, 0.4) is 0 Å². The highest BCUT2D eigenvalue weighted by atomic mass is 35.5. The van der Waals surface area contributed by atoms with Crippen LogP contribution >= 0.6 is 34.5 Å². The van der Waals surface area contributed by atoms with Crippen LogP contribution in [0.4, 0.5) is 4.39 Å². The monoisotopic (exact) mass is 604 g/mol. The van der Waals surface area contributed by atoms with Crippen LogP contribution in [0, 0.1) is 17.7 Å². The molecule has 2 bridgehead atoms. The molecule has 4 aromatic rings. The minimum atomic E-state index is -1.21. The molecule has 2 unspecified atom stereocenters. The van der Waals surface area contributed by atoms with Gasteiger partial charge in [0.2, 0.25) is 0 Å². The van der Waals surface area contributed by atoms with Gasteiger partial charge in [-0.05, 0) is 61.8 Å². The first-order valence-electron chi connectivity index (χ1n) is 13.2. The zero-order valence-corrected chi connectivity index (χ0v) is 24.1. The molecule has 2 N–H and O–H groups in total. The van der Waals surface area contributed by atoms with Gasteiger partial charge in [0.25, 0.3) is 0 Å². The largest absolute Gasteiger partial charge is 0.478 e. The molecule has 40 heavy (non-hydrogen) atoms. The van der Waals surface area contributed by atoms with E-state index in [0.29, 0.717) is 49.6 Å². The number of halogens is 3. The van der Waals surface area contributed by atoms with E-state index in [4.69, 9.17) is 32.5 Å². The van der Waals surface area contributed by atoms with Crippen LogP contribution in [0.2, 0.25) is 10.0 Å². The SMILES string of the molecule is CC(C)c1onc(-c2c(Cl)cccc2Cl)c1COC1CC2CCC(C1)C2(O)c1nc2c(F)cc(C(=O)O)cc2s1. The fourth-order valence-electron chi connectivity index (χ4n) is 6.31. The third-order valence-electron chi connectivity index (χ3n) is 8.25. The maximum Gasteiger partial charge on any atom is 0.335 e. The first-order valence-corrected chi connectivity index (χ1v) is 14.8. The number of rotatable bonds is 7. The Morgan fingerprint density at radius 3 is 2.52 bits per heavy atom. The average Bonchev–Trinajstić information content (AvgIpc) is 3.55. The van der Waals surface area contributed by atoms with E-state index in [-0.39, 0.29) is 41.5 Å². The summed E-state index contributed by atoms with van der Waals surface area (Å²) in [4.78, 5) is 15.9. The van der Waals surface area contributed by atoms with Crippen LogP contribution < -0.4 is 0 Å². The lowest BCUT2D eigenvalue weighted by Gasteiger charge is -2.41. The maximum absolute atomic E-state index is 14.7. The van der Waals surface area contributed by atoms with Crippen LogP contribution in [-0.2, 0) is 16.9 Å². The van der Waals surface area contributed by atoms with Crippen molar-refractivity contribution in [2.45, 2.75) is 63.8 Å². The third kappa shape index (κ3) is 4.52. The number of carboxylic acid groups (broad SMARTS) is 1. The maximum atomic E-state index is 14.7. The van der Waals surface area contributed by atoms with Gasteiger partial charge < -0.3 is 19.5 Å². The van der Waals surface area contributed by atoms with Crippen LogP contribution in [0.25, 0.3) is 21.5 Å². The van der Waals surface area contributed by atoms with Gasteiger partial charge in [-0.1, -0.05) is 48.3 Å². The number of nitrogens with zero attached hydrogens (tertiary/aromatic N) is 2. The van der Waals surface area contributed by atoms with Gasteiger partial charge in [-0.15, -0.1) is 11.3 Å². The molecule has 0 amide bonds. The lowest BCUT2D eigenvalue weighted by Crippen LogP contribution is -2.44. The van der Waals surface area contributed by atoms with Crippen LogP contribution in [0.15, 0.2) is 34.9 Å². The smallest absolute Gasteiger partial charge is 0.335 e. The summed E-state index contributed by atoms with van der Waals surface area (Å²) in [5, 5.41) is 26.9. The zero-order valence-electron chi connectivity index (χ0n) is 21.8. The van der Waals surface area contributed by atoms with Gasteiger partial charge >= 0.3 is 5.97 Å². The second-order valence-electron chi connectivity index (χ2n) is 11.0. The van der Waals surface area contributed by atoms with Gasteiger partial charge in [0, 0.05) is 17.0 Å². The summed E-state index contributed by atoms with van der Waals surface area (Å²) in [5.41, 5.74) is 0.707. The Kier molecular flexibility index (Phi) is 7.15. The standard InChI is InChI=1S/C29H27Cl2FN2O5S/c1-13(2)26-18(24(34-39-26)23-19(30)4-3-5-20(23)31)12-38-17-10-15-6-7-16(11-17)29(15,37)28-33-25-21(32)8-14(27(35)36)9-22(25)40-28/h3-5,8-9,13,15-17,37H,6-7,10-12H2,1-2H3,(H,35,36). The molecule has 6 rings (SSSR count). The number of carboxylic acids is 1. The molecule has 2 aliphatic rings. The first kappa shape index (κ1) is 27.6. The number of aromatic nitrogens is 2. The highest BCUT2D eigenvalue weighted by Crippen LogP contribution is 2.57. The second kappa shape index (κ2) is 10.4. The van der Waals surface area contributed by atoms with E-state index < -0.39 is 17.4 Å². The van der Waals surface area contributed by atoms with Crippen molar-refractivity contribution >= 4 is 50.7 Å². The van der Waals surface area contributed by atoms with Gasteiger partial charge in [0.1, 0.15) is 27.6 Å². The molecule has 2 saturated carbocycles. The molecule has 2 aromatic carbocycles. The zero-order chi connectivity index (χ0) is 28.3. The molecule has 2 aromatic heterocycles. The van der Waals surface area contributed by atoms with Gasteiger partial charge in [-0.2, -0.15) is 0 Å². The number of aromatic carboxylic acids is 1. The molecule has 11 heteroatoms. The summed E-state index contributed by atoms with van der Waals surface area (Å²) in [6, 6.07) is 7.67. The van der Waals surface area contributed by atoms with Gasteiger partial charge in [-0.25, -0.2) is 14.2 Å². The normalized spacial score (nSPS) is 24.3. The molecule has 0 aliphatic heterocycles. The molecule has 0 spiro atoms. The van der Waals surface area contributed by atoms with Crippen molar-refractivity contribution in [2.24, 2.45) is 11.8 Å². The molecule has 2 aliphatic carbocycles. The van der Waals surface area contributed by atoms with Crippen LogP contribution in [0.5, 0.6) is 0 Å². The number of hydrogen-bond donors (Lipinski definition) is 2. The summed E-state index contributed by atoms with van der Waals surface area (Å²) in [6.45, 7) is 4.28. The molecule has 0 saturated heterocycles. The van der Waals surface area contributed by atoms with E-state index in [2.05, 4.69) is 10.1 Å². The van der Waals surface area contributed by atoms with Crippen molar-refractivity contribution in [3.8, 4) is 11.3 Å². The number of hydrogen-bond acceptors (Lipinski definition) is 7. The minimum absolute atomic E-state index is 0.0646. The van der Waals surface area contributed by atoms with Crippen molar-refractivity contribution < 1.29 is 28.7 Å². The molecular weight excluding hydrogens is 578 g/mol. The summed E-state index contributed by atoms with van der Waals surface area (Å²) in [7, 11) is 0. The fourth-order valence-corrected chi connectivity index (χ4v) is 8.15. The number of fused-ring (bicyclic) bond motifs is 3. The highest BCUT2D eigenvalue weighted by molar-refractivity contribution is 7.18. The quantitative estimate of drug-likeness (QED) is 0.221. The molecule has 210 valence electrons. The fraction of sp³-hybridized carbons (Fsp3) is 0.414. The Morgan fingerprint density at radius 2 is 1.90 bits per heavy atom. The molecular formula is C29H27Cl2FN2O5S. The summed E-state index contributed by atoms with van der Waals surface area (Å²) in [5.74, 6) is -1.38. The van der Waals surface area contributed by atoms with E-state index in [1.54, 1.807) is 18.2 Å². The van der Waals surface area contributed by atoms with E-state index >= 15 is 0 Å². The molecule has 2 heterocycles. The van der Waals surface area contributed by atoms with Crippen LogP contribution in [0.1, 0.15) is 72.1 Å². The summed E-state index contributed by atoms with van der Waals surface area (Å²) in [6.07, 6.45) is 2.69. The van der Waals surface area contributed by atoms with E-state index in [1.165, 1.54) is 6.07 Å². The Bertz CT molecular complexity index is 1590. The topological polar surface area (TPSA) is 106 Å². The number of thiazole rings is 1. The Balaban J connectivity index is 1.25. The predicted molar refractivity (Wildman–Crippen MR) is 151 cm³/mol. The van der Waals surface area contributed by atoms with Crippen molar-refractivity contribution in [1.29, 1.82) is 0 Å². The minimum Gasteiger partial charge on any atom is -0.478 e. The number of carbonyl (C=O) groups is 1. The second-order valence-corrected chi connectivity index (χ2v) is 12.8. The summed E-state index contributed by atoms with van der Waals surface area (Å²) >= 11 is 14.1. The van der Waals surface area contributed by atoms with Crippen molar-refractivity contribution in [2.75, 3.05) is 0 Å². The third-order valence-corrected chi connectivity index (χ3v) is 10.0. The number of ether oxygens (including phenoxy) is 1. The van der Waals surface area contributed by atoms with Crippen LogP contribution in [-0.4, -0.2) is 32.4 Å². The summed E-state index contributed by atoms with van der Waals surface area (Å²) < 4.78 is 27.2. The highest BCUT2D eigenvalue weighted by Gasteiger charge is 2.56. The van der Waals surface area contributed by atoms with Gasteiger partial charge in [0.05, 0.1) is 33.0 Å². The van der Waals surface area contributed by atoms with Gasteiger partial charge in [-0.3, -0.25) is 0 Å². The van der Waals surface area contributed by atoms with Crippen molar-refractivity contribution in [3.63, 3.8) is 0 Å². The Hall–Kier alpha value is -2.56. The predicted octanol–water partition coefficient (Wildman–Crippen LogP) is 7.81. The lowest BCUT2D eigenvalue weighted by atomic mass is 9.73. The van der Waals surface area contributed by atoms with E-state index in [0.717, 1.165) is 35.8 Å². The molecule has 2 fully saturated rings. The molecule has 2 atom stereocenters. The first-order chi connectivity index (χ1) is 19.1. The van der Waals surface area contributed by atoms with Gasteiger partial charge in [0.15, 0.2) is 5.82 Å². The van der Waals surface area contributed by atoms with Crippen molar-refractivity contribution in [3.05, 3.63) is 68.1 Å². The number of benzene rings is 2. The number of aliphatic hydroxyl groups is 1. The van der Waals surface area contributed by atoms with Crippen molar-refractivity contribution in [1.82, 2.24) is 10.1 Å².